The number of amides is 1. The van der Waals surface area contributed by atoms with Crippen LogP contribution < -0.4 is 47.5 Å². The van der Waals surface area contributed by atoms with E-state index >= 15 is 0 Å². The zero-order chi connectivity index (χ0) is 71.8. The maximum absolute atomic E-state index is 11.9. The Labute approximate surface area is 596 Å². The average Bonchev–Trinajstić information content (AvgIpc) is 0.803. The number of carbonyl (C=O) groups excluding carboxylic acids is 5. The first-order valence-electron chi connectivity index (χ1n) is 27.5. The van der Waals surface area contributed by atoms with Gasteiger partial charge in [-0.1, -0.05) is 152 Å². The molecule has 1 aliphatic heterocycles. The van der Waals surface area contributed by atoms with E-state index in [-0.39, 0.29) is 147 Å². The minimum atomic E-state index is -1.57. The first-order chi connectivity index (χ1) is 44.5. The number of Topliss-reactive ketones (excluding diaryl/α,β-unsaturated/α-hetero) is 2. The summed E-state index contributed by atoms with van der Waals surface area (Å²) < 4.78 is 30.1. The number of halogens is 10. The summed E-state index contributed by atoms with van der Waals surface area (Å²) in [5.74, 6) is -1.62. The van der Waals surface area contributed by atoms with E-state index in [2.05, 4.69) is 57.4 Å². The van der Waals surface area contributed by atoms with Gasteiger partial charge in [-0.25, -0.2) is 39.3 Å². The van der Waals surface area contributed by atoms with Crippen molar-refractivity contribution in [3.8, 4) is 40.2 Å². The van der Waals surface area contributed by atoms with Crippen molar-refractivity contribution < 1.29 is 62.4 Å². The molecule has 3 aromatic carbocycles. The van der Waals surface area contributed by atoms with Crippen LogP contribution in [0.25, 0.3) is 22.5 Å². The first kappa shape index (κ1) is 82.4. The molecule has 0 spiro atoms. The molecule has 4 aromatic heterocycles. The zero-order valence-corrected chi connectivity index (χ0v) is 60.0. The van der Waals surface area contributed by atoms with Gasteiger partial charge in [0.25, 0.3) is 5.88 Å². The van der Waals surface area contributed by atoms with Gasteiger partial charge < -0.3 is 66.3 Å². The highest BCUT2D eigenvalue weighted by Gasteiger charge is 2.31. The molecule has 512 valence electrons. The highest BCUT2D eigenvalue weighted by molar-refractivity contribution is 6.64. The topological polar surface area (TPSA) is 386 Å². The van der Waals surface area contributed by atoms with Crippen LogP contribution in [-0.2, 0) is 14.2 Å². The second-order valence-corrected chi connectivity index (χ2v) is 23.8. The number of nitrogens with one attached hydrogen (secondary N) is 2. The van der Waals surface area contributed by atoms with Crippen molar-refractivity contribution in [2.75, 3.05) is 64.8 Å². The molecule has 5 heterocycles. The number of nitrogen functional groups attached to an aromatic ring is 3. The molecule has 8 rings (SSSR count). The van der Waals surface area contributed by atoms with Crippen LogP contribution >= 0.6 is 116 Å². The number of hydrogen-bond acceptors (Lipinski definition) is 25. The highest BCUT2D eigenvalue weighted by atomic mass is 35.5. The van der Waals surface area contributed by atoms with Crippen molar-refractivity contribution in [3.63, 3.8) is 0 Å². The lowest BCUT2D eigenvalue weighted by Crippen LogP contribution is -2.53. The first-order valence-corrected chi connectivity index (χ1v) is 31.2. The summed E-state index contributed by atoms with van der Waals surface area (Å²) >= 11 is 58.2. The molecule has 26 nitrogen and oxygen atoms in total. The highest BCUT2D eigenvalue weighted by Crippen LogP contribution is 2.39. The average molecular weight is 1520 g/mol. The molecule has 0 aliphatic carbocycles. The molecule has 10 N–H and O–H groups in total. The molecule has 1 saturated heterocycles. The Morgan fingerprint density at radius 2 is 0.947 bits per heavy atom. The van der Waals surface area contributed by atoms with E-state index < -0.39 is 24.7 Å². The van der Waals surface area contributed by atoms with Crippen LogP contribution in [0.1, 0.15) is 110 Å². The van der Waals surface area contributed by atoms with Crippen molar-refractivity contribution in [3.05, 3.63) is 128 Å². The number of aromatic nitrogens is 8. The van der Waals surface area contributed by atoms with E-state index in [0.29, 0.717) is 26.2 Å². The fourth-order valence-electron chi connectivity index (χ4n) is 7.36. The van der Waals surface area contributed by atoms with Crippen LogP contribution in [0, 0.1) is 0 Å². The second-order valence-electron chi connectivity index (χ2n) is 20.0. The summed E-state index contributed by atoms with van der Waals surface area (Å²) in [6, 6.07) is 14.7. The number of anilines is 3. The van der Waals surface area contributed by atoms with E-state index in [1.807, 2.05) is 20.8 Å². The number of ether oxygens (including phenoxy) is 6. The van der Waals surface area contributed by atoms with E-state index in [0.717, 1.165) is 25.9 Å². The normalized spacial score (nSPS) is 11.8. The van der Waals surface area contributed by atoms with Crippen molar-refractivity contribution in [1.82, 2.24) is 50.5 Å². The zero-order valence-electron chi connectivity index (χ0n) is 52.5. The van der Waals surface area contributed by atoms with E-state index in [4.69, 9.17) is 172 Å². The van der Waals surface area contributed by atoms with Crippen molar-refractivity contribution in [2.45, 2.75) is 79.4 Å². The molecule has 0 bridgehead atoms. The van der Waals surface area contributed by atoms with Crippen LogP contribution in [0.15, 0.2) is 54.6 Å². The molecular weight excluding hydrogens is 1450 g/mol. The summed E-state index contributed by atoms with van der Waals surface area (Å²) in [7, 11) is 2.64. The summed E-state index contributed by atoms with van der Waals surface area (Å²) in [5.41, 5.74) is 17.5. The molecule has 1 amide bonds. The number of piperidine rings is 1. The second kappa shape index (κ2) is 38.8. The monoisotopic (exact) mass is 1510 g/mol. The quantitative estimate of drug-likeness (QED) is 0.0244. The van der Waals surface area contributed by atoms with Crippen molar-refractivity contribution >= 4 is 176 Å². The third kappa shape index (κ3) is 25.0. The summed E-state index contributed by atoms with van der Waals surface area (Å²) in [6.45, 7) is 16.0. The predicted octanol–water partition coefficient (Wildman–Crippen LogP) is 12.3. The van der Waals surface area contributed by atoms with Crippen molar-refractivity contribution in [1.29, 1.82) is 0 Å². The summed E-state index contributed by atoms with van der Waals surface area (Å²) in [6.07, 6.45) is 1.59. The van der Waals surface area contributed by atoms with Crippen LogP contribution in [-0.4, -0.2) is 145 Å². The number of carbonyl (C=O) groups is 5. The Bertz CT molecular complexity index is 3740. The van der Waals surface area contributed by atoms with Gasteiger partial charge in [-0.2, -0.15) is 15.0 Å². The predicted molar refractivity (Wildman–Crippen MR) is 370 cm³/mol. The molecule has 1 aliphatic rings. The lowest BCUT2D eigenvalue weighted by atomic mass is 9.80. The van der Waals surface area contributed by atoms with Crippen molar-refractivity contribution in [2.24, 2.45) is 0 Å². The third-order valence-corrected chi connectivity index (χ3v) is 15.4. The number of nitrogens with zero attached hydrogens (tertiary/aromatic N) is 8. The minimum absolute atomic E-state index is 0.000772. The Balaban J connectivity index is 0.000000304. The molecule has 7 aromatic rings. The molecule has 0 atom stereocenters. The lowest BCUT2D eigenvalue weighted by molar-refractivity contribution is 0.0441. The minimum Gasteiger partial charge on any atom is -0.479 e. The SMILES string of the molecule is CC(=O)c1nc(Cl)c(Cl)nc1N.CC1(NC(=O)OC(C)(C)C)CCNCC1.CCOC(=O)c1nc(-c2cccc(Cl)c2Cl)c(OC)nc1Cl.CCOC(=O)c1nc(-c2cccc(Cl)c2Cl)c(OC)nc1N.COc1nc(N)c(C(C)=O)nc1Cl.OB(O)c1cccc(Cl)c1Cl. The van der Waals surface area contributed by atoms with E-state index in [9.17, 15) is 24.0 Å². The maximum Gasteiger partial charge on any atom is 0.490 e. The van der Waals surface area contributed by atoms with Gasteiger partial charge in [-0.05, 0) is 85.7 Å². The number of hydrogen-bond donors (Lipinski definition) is 7. The third-order valence-electron chi connectivity index (χ3n) is 11.8. The molecule has 0 radical (unpaired) electrons. The molecule has 0 unspecified atom stereocenters. The van der Waals surface area contributed by atoms with E-state index in [1.165, 1.54) is 41.2 Å². The van der Waals surface area contributed by atoms with Gasteiger partial charge in [0.15, 0.2) is 61.0 Å². The van der Waals surface area contributed by atoms with Crippen LogP contribution in [0.4, 0.5) is 22.2 Å². The largest absolute Gasteiger partial charge is 0.490 e. The number of alkyl carbamates (subject to hydrolysis) is 1. The number of nitrogens with two attached hydrogens (primary N) is 3. The van der Waals surface area contributed by atoms with Gasteiger partial charge in [0.2, 0.25) is 11.8 Å². The van der Waals surface area contributed by atoms with E-state index in [1.54, 1.807) is 62.4 Å². The number of rotatable bonds is 13. The Morgan fingerprint density at radius 3 is 1.39 bits per heavy atom. The standard InChI is InChI=1S/C14H11Cl3N2O3.C14H13Cl2N3O3.C11H22N2O2.C7H8ClN3O2.C6H5BCl2O2.C6H5Cl2N3O/c2*1-3-22-14(20)11-12(17)19-13(21-2)10(18-11)7-5-4-6-8(15)9(7)16;1-10(2,3)15-9(14)13-11(4)5-7-12-8-6-11;1-3(12)4-6(9)11-7(13-2)5(8)10-4;8-5-3-1-2-4(6(5)9)7(10)11;1-2(12)3-6(9)11-5(8)4(7)10-3/h4-6H,3H2,1-2H3;4-6H,3H2,1-2H3,(H2,17,19);12H,5-8H2,1-4H3,(H,13,14);1-2H3,(H2,9,11);1-3,10-11H;1H3,(H2,9,11). The molecule has 0 saturated carbocycles. The van der Waals surface area contributed by atoms with Gasteiger partial charge >= 0.3 is 25.2 Å². The van der Waals surface area contributed by atoms with Crippen LogP contribution in [0.2, 0.25) is 50.7 Å². The molecule has 95 heavy (non-hydrogen) atoms. The maximum atomic E-state index is 11.9. The smallest absolute Gasteiger partial charge is 0.479 e. The van der Waals surface area contributed by atoms with Crippen LogP contribution in [0.3, 0.4) is 0 Å². The fourth-order valence-corrected chi connectivity index (χ4v) is 9.21. The van der Waals surface area contributed by atoms with Gasteiger partial charge in [0.1, 0.15) is 28.4 Å². The Morgan fingerprint density at radius 1 is 0.547 bits per heavy atom. The van der Waals surface area contributed by atoms with Gasteiger partial charge in [-0.3, -0.25) is 9.59 Å². The fraction of sp³-hybridized carbons (Fsp3) is 0.328. The van der Waals surface area contributed by atoms with Crippen LogP contribution in [0.5, 0.6) is 17.6 Å². The summed E-state index contributed by atoms with van der Waals surface area (Å²) in [5, 5.41) is 25.3. The lowest BCUT2D eigenvalue weighted by Gasteiger charge is -2.35. The number of ketones is 2. The van der Waals surface area contributed by atoms with Gasteiger partial charge in [0, 0.05) is 36.0 Å². The Kier molecular flexibility index (Phi) is 33.7. The molecule has 37 heteroatoms. The number of esters is 2. The number of methoxy groups -OCH3 is 3. The number of benzene rings is 3. The van der Waals surface area contributed by atoms with Gasteiger partial charge in [-0.15, -0.1) is 0 Å². The molecule has 1 fully saturated rings. The molecular formula is C58H64BCl10N13O13. The Hall–Kier alpha value is -6.83. The summed E-state index contributed by atoms with van der Waals surface area (Å²) in [4.78, 5) is 88.4. The van der Waals surface area contributed by atoms with Gasteiger partial charge in [0.05, 0.1) is 64.7 Å².